The fourth-order valence-electron chi connectivity index (χ4n) is 5.64. The molecule has 0 aliphatic carbocycles. The largest absolute Gasteiger partial charge is 1.00 e. The van der Waals surface area contributed by atoms with Crippen molar-refractivity contribution in [1.29, 1.82) is 0 Å². The molecule has 5 aromatic carbocycles. The average molecular weight is 814 g/mol. The topological polar surface area (TPSA) is 178 Å². The zero-order valence-corrected chi connectivity index (χ0v) is 36.5. The summed E-state index contributed by atoms with van der Waals surface area (Å²) in [5, 5.41) is 10.7. The standard InChI is InChI=1S/C35H23N5O6S5.2Na/c1-18-3-14-26-29(31(18)50(41,42)43)48-34(37-26)21-7-12-24(13-8-21)40-39-23-10-5-20(6-11-23)33-36-25-16-9-22(17-28(25)47-33)35-38-27-15-4-19(2)32(30(27)49-35)51(44,45)46;;/h3-17H,1-2H3,(H,41,42,43)(H,44,45,46);;/q;2*+1/p-2. The fraction of sp³-hybridized carbons (Fsp3) is 0.0571. The minimum absolute atomic E-state index is 0. The van der Waals surface area contributed by atoms with Gasteiger partial charge in [-0.15, -0.1) is 34.0 Å². The third-order valence-corrected chi connectivity index (χ3v) is 13.7. The quantitative estimate of drug-likeness (QED) is 0.133. The third kappa shape index (κ3) is 7.98. The van der Waals surface area contributed by atoms with Crippen molar-refractivity contribution in [3.8, 4) is 31.7 Å². The van der Waals surface area contributed by atoms with Crippen molar-refractivity contribution >= 4 is 96.3 Å². The summed E-state index contributed by atoms with van der Waals surface area (Å²) in [7, 11) is -9.31. The SMILES string of the molecule is Cc1ccc2nc(-c3ccc(N=Nc4ccc(-c5nc6ccc(-c7nc8ccc(C)c(S(=O)(=O)[O-])c8s7)cc6s5)cc4)cc3)sc2c1S(=O)(=O)[O-].[Na+].[Na+]. The maximum Gasteiger partial charge on any atom is 1.00 e. The Morgan fingerprint density at radius 2 is 0.887 bits per heavy atom. The smallest absolute Gasteiger partial charge is 0.744 e. The summed E-state index contributed by atoms with van der Waals surface area (Å²) in [6.45, 7) is 3.19. The first-order valence-corrected chi connectivity index (χ1v) is 20.3. The summed E-state index contributed by atoms with van der Waals surface area (Å²) < 4.78 is 73.1. The molecule has 0 aliphatic rings. The molecule has 53 heavy (non-hydrogen) atoms. The van der Waals surface area contributed by atoms with Gasteiger partial charge in [0.2, 0.25) is 0 Å². The summed E-state index contributed by atoms with van der Waals surface area (Å²) in [6.07, 6.45) is 0. The molecule has 0 N–H and O–H groups in total. The number of aromatic nitrogens is 3. The molecule has 0 bridgehead atoms. The van der Waals surface area contributed by atoms with Crippen molar-refractivity contribution in [2.45, 2.75) is 23.6 Å². The van der Waals surface area contributed by atoms with E-state index in [-0.39, 0.29) is 68.9 Å². The molecule has 0 fully saturated rings. The molecule has 18 heteroatoms. The second-order valence-corrected chi connectivity index (χ2v) is 17.2. The monoisotopic (exact) mass is 813 g/mol. The van der Waals surface area contributed by atoms with E-state index in [9.17, 15) is 25.9 Å². The van der Waals surface area contributed by atoms with Gasteiger partial charge in [-0.2, -0.15) is 10.2 Å². The summed E-state index contributed by atoms with van der Waals surface area (Å²) in [5.41, 5.74) is 6.23. The van der Waals surface area contributed by atoms with Crippen molar-refractivity contribution in [2.24, 2.45) is 10.2 Å². The Hall–Kier alpha value is -2.81. The van der Waals surface area contributed by atoms with Gasteiger partial charge in [-0.05, 0) is 104 Å². The Bertz CT molecular complexity index is 2940. The molecular weight excluding hydrogens is 793 g/mol. The van der Waals surface area contributed by atoms with Gasteiger partial charge in [-0.3, -0.25) is 0 Å². The number of thiazole rings is 3. The number of benzene rings is 5. The molecule has 8 rings (SSSR count). The van der Waals surface area contributed by atoms with Crippen LogP contribution < -0.4 is 59.1 Å². The van der Waals surface area contributed by atoms with Crippen LogP contribution in [0.2, 0.25) is 0 Å². The summed E-state index contributed by atoms with van der Waals surface area (Å²) >= 11 is 3.85. The van der Waals surface area contributed by atoms with E-state index in [1.807, 2.05) is 54.6 Å². The second-order valence-electron chi connectivity index (χ2n) is 11.6. The molecule has 8 aromatic rings. The Labute approximate surface area is 360 Å². The number of aryl methyl sites for hydroxylation is 2. The predicted molar refractivity (Wildman–Crippen MR) is 198 cm³/mol. The van der Waals surface area contributed by atoms with E-state index in [0.29, 0.717) is 53.0 Å². The average Bonchev–Trinajstić information content (AvgIpc) is 3.83. The maximum atomic E-state index is 11.9. The van der Waals surface area contributed by atoms with Crippen molar-refractivity contribution in [3.05, 3.63) is 102 Å². The van der Waals surface area contributed by atoms with Gasteiger partial charge in [0.25, 0.3) is 0 Å². The van der Waals surface area contributed by atoms with Crippen molar-refractivity contribution < 1.29 is 85.1 Å². The molecule has 3 heterocycles. The molecule has 0 aliphatic heterocycles. The summed E-state index contributed by atoms with van der Waals surface area (Å²) in [4.78, 5) is 13.5. The molecule has 0 amide bonds. The van der Waals surface area contributed by atoms with Crippen molar-refractivity contribution in [2.75, 3.05) is 0 Å². The van der Waals surface area contributed by atoms with E-state index >= 15 is 0 Å². The molecule has 0 atom stereocenters. The molecule has 0 unspecified atom stereocenters. The number of nitrogens with zero attached hydrogens (tertiary/aromatic N) is 5. The Kier molecular flexibility index (Phi) is 11.6. The van der Waals surface area contributed by atoms with Gasteiger partial charge >= 0.3 is 59.1 Å². The van der Waals surface area contributed by atoms with E-state index in [2.05, 4.69) is 20.2 Å². The number of rotatable bonds is 7. The van der Waals surface area contributed by atoms with Crippen LogP contribution >= 0.6 is 34.0 Å². The van der Waals surface area contributed by atoms with Gasteiger partial charge in [-0.1, -0.05) is 12.1 Å². The van der Waals surface area contributed by atoms with Crippen LogP contribution in [0.3, 0.4) is 0 Å². The van der Waals surface area contributed by atoms with E-state index in [0.717, 1.165) is 43.3 Å². The van der Waals surface area contributed by atoms with Gasteiger partial charge in [0.05, 0.1) is 51.8 Å². The molecule has 0 spiro atoms. The number of hydrogen-bond acceptors (Lipinski definition) is 14. The van der Waals surface area contributed by atoms with Crippen molar-refractivity contribution in [3.63, 3.8) is 0 Å². The molecular formula is C35H21N5Na2O6S5. The molecule has 0 saturated carbocycles. The van der Waals surface area contributed by atoms with Gasteiger partial charge in [0.15, 0.2) is 0 Å². The second kappa shape index (κ2) is 15.4. The van der Waals surface area contributed by atoms with E-state index in [1.54, 1.807) is 50.2 Å². The van der Waals surface area contributed by atoms with E-state index in [1.165, 1.54) is 22.7 Å². The predicted octanol–water partition coefficient (Wildman–Crippen LogP) is 3.37. The molecule has 11 nitrogen and oxygen atoms in total. The summed E-state index contributed by atoms with van der Waals surface area (Å²) in [6, 6.07) is 27.1. The van der Waals surface area contributed by atoms with Crippen LogP contribution in [0.4, 0.5) is 11.4 Å². The molecule has 0 radical (unpaired) electrons. The van der Waals surface area contributed by atoms with Crippen LogP contribution in [0.15, 0.2) is 111 Å². The minimum Gasteiger partial charge on any atom is -0.744 e. The zero-order chi connectivity index (χ0) is 35.7. The van der Waals surface area contributed by atoms with Crippen LogP contribution in [0.5, 0.6) is 0 Å². The normalized spacial score (nSPS) is 12.1. The zero-order valence-electron chi connectivity index (χ0n) is 28.4. The van der Waals surface area contributed by atoms with Crippen LogP contribution in [-0.2, 0) is 20.2 Å². The van der Waals surface area contributed by atoms with E-state index < -0.39 is 20.2 Å². The van der Waals surface area contributed by atoms with Crippen molar-refractivity contribution in [1.82, 2.24) is 15.0 Å². The van der Waals surface area contributed by atoms with Gasteiger partial charge in [-0.25, -0.2) is 31.8 Å². The number of azo groups is 1. The molecule has 3 aromatic heterocycles. The van der Waals surface area contributed by atoms with Gasteiger partial charge in [0.1, 0.15) is 35.3 Å². The first-order chi connectivity index (χ1) is 24.3. The molecule has 0 saturated heterocycles. The van der Waals surface area contributed by atoms with Crippen LogP contribution in [0, 0.1) is 13.8 Å². The Morgan fingerprint density at radius 3 is 1.34 bits per heavy atom. The summed E-state index contributed by atoms with van der Waals surface area (Å²) in [5.74, 6) is 0. The Morgan fingerprint density at radius 1 is 0.509 bits per heavy atom. The fourth-order valence-corrected chi connectivity index (χ4v) is 11.2. The first kappa shape index (κ1) is 39.9. The number of hydrogen-bond donors (Lipinski definition) is 0. The number of fused-ring (bicyclic) bond motifs is 3. The van der Waals surface area contributed by atoms with Gasteiger partial charge in [0, 0.05) is 16.7 Å². The third-order valence-electron chi connectivity index (χ3n) is 8.06. The molecule has 254 valence electrons. The van der Waals surface area contributed by atoms with Crippen LogP contribution in [-0.4, -0.2) is 40.9 Å². The minimum atomic E-state index is -4.66. The Balaban J connectivity index is 0.00000240. The van der Waals surface area contributed by atoms with E-state index in [4.69, 9.17) is 4.98 Å². The first-order valence-electron chi connectivity index (χ1n) is 15.1. The maximum absolute atomic E-state index is 11.9. The van der Waals surface area contributed by atoms with Gasteiger partial charge < -0.3 is 9.11 Å². The van der Waals surface area contributed by atoms with Crippen LogP contribution in [0.1, 0.15) is 11.1 Å². The van der Waals surface area contributed by atoms with Crippen LogP contribution in [0.25, 0.3) is 62.4 Å².